The molecule has 0 unspecified atom stereocenters. The van der Waals surface area contributed by atoms with E-state index >= 15 is 0 Å². The van der Waals surface area contributed by atoms with Crippen LogP contribution in [0.25, 0.3) is 119 Å². The molecule has 12 rings (SSSR count). The Bertz CT molecular complexity index is 3460. The van der Waals surface area contributed by atoms with Crippen molar-refractivity contribution in [1.82, 2.24) is 9.97 Å². The monoisotopic (exact) mass is 656 g/mol. The second-order valence-electron chi connectivity index (χ2n) is 14.1. The first-order chi connectivity index (χ1) is 25.8. The number of aromatic nitrogens is 2. The largest absolute Gasteiger partial charge is 0.254 e. The predicted octanol–water partition coefficient (Wildman–Crippen LogP) is 13.6. The van der Waals surface area contributed by atoms with Crippen molar-refractivity contribution in [3.05, 3.63) is 170 Å². The van der Waals surface area contributed by atoms with E-state index in [-0.39, 0.29) is 0 Å². The Balaban J connectivity index is 1.22. The zero-order chi connectivity index (χ0) is 33.9. The summed E-state index contributed by atoms with van der Waals surface area (Å²) in [7, 11) is 0. The van der Waals surface area contributed by atoms with Crippen LogP contribution in [-0.2, 0) is 0 Å². The van der Waals surface area contributed by atoms with Crippen molar-refractivity contribution < 1.29 is 0 Å². The smallest absolute Gasteiger partial charge is 0.0970 e. The molecule has 52 heavy (non-hydrogen) atoms. The first-order valence-electron chi connectivity index (χ1n) is 17.9. The number of fused-ring (bicyclic) bond motifs is 6. The lowest BCUT2D eigenvalue weighted by molar-refractivity contribution is 1.37. The number of nitrogens with zero attached hydrogens (tertiary/aromatic N) is 2. The van der Waals surface area contributed by atoms with Crippen molar-refractivity contribution in [2.75, 3.05) is 0 Å². The van der Waals surface area contributed by atoms with Crippen LogP contribution in [0.3, 0.4) is 0 Å². The van der Waals surface area contributed by atoms with Crippen LogP contribution in [0, 0.1) is 0 Å². The fraction of sp³-hybridized carbons (Fsp3) is 0. The normalized spacial score (nSPS) is 12.2. The van der Waals surface area contributed by atoms with E-state index in [0.29, 0.717) is 0 Å². The molecule has 0 fully saturated rings. The highest BCUT2D eigenvalue weighted by atomic mass is 14.7. The zero-order valence-corrected chi connectivity index (χ0v) is 28.1. The lowest BCUT2D eigenvalue weighted by Gasteiger charge is -2.18. The van der Waals surface area contributed by atoms with Gasteiger partial charge < -0.3 is 0 Å². The number of hydrogen-bond donors (Lipinski definition) is 0. The van der Waals surface area contributed by atoms with Crippen molar-refractivity contribution in [1.29, 1.82) is 0 Å². The molecule has 0 aliphatic carbocycles. The molecule has 238 valence electrons. The maximum Gasteiger partial charge on any atom is 0.0970 e. The Morgan fingerprint density at radius 3 is 1.46 bits per heavy atom. The molecule has 0 saturated heterocycles. The third kappa shape index (κ3) is 3.73. The molecular formula is C50H28N2. The van der Waals surface area contributed by atoms with Gasteiger partial charge in [0.1, 0.15) is 0 Å². The lowest BCUT2D eigenvalue weighted by Crippen LogP contribution is -1.92. The van der Waals surface area contributed by atoms with Crippen LogP contribution in [-0.4, -0.2) is 9.97 Å². The molecule has 2 heterocycles. The van der Waals surface area contributed by atoms with Gasteiger partial charge in [0, 0.05) is 23.2 Å². The standard InChI is InChI=1S/C50H28N2/c1-2-13-37-36(12-1)35(22-23-38(37)43-27-33-11-6-24-51-49(33)50-42(43)17-7-25-52-50)34-26-32-21-20-31-9-4-15-40-39-14-3-8-29-18-19-30-10-5-16-41(47(30)45(29)39)44(28-34)48(32)46(31)40/h1-28H. The summed E-state index contributed by atoms with van der Waals surface area (Å²) in [5, 5.41) is 20.2. The number of rotatable bonds is 2. The molecule has 2 aromatic heterocycles. The quantitative estimate of drug-likeness (QED) is 0.173. The van der Waals surface area contributed by atoms with Crippen LogP contribution in [0.15, 0.2) is 170 Å². The van der Waals surface area contributed by atoms with Gasteiger partial charge in [-0.3, -0.25) is 9.97 Å². The number of benzene rings is 9. The topological polar surface area (TPSA) is 25.8 Å². The first-order valence-corrected chi connectivity index (χ1v) is 17.9. The van der Waals surface area contributed by atoms with Crippen LogP contribution in [0.2, 0.25) is 0 Å². The second kappa shape index (κ2) is 10.3. The Kier molecular flexibility index (Phi) is 5.53. The van der Waals surface area contributed by atoms with E-state index in [2.05, 4.69) is 146 Å². The Morgan fingerprint density at radius 2 is 0.769 bits per heavy atom. The van der Waals surface area contributed by atoms with Gasteiger partial charge in [-0.2, -0.15) is 0 Å². The zero-order valence-electron chi connectivity index (χ0n) is 28.1. The minimum atomic E-state index is 0.932. The highest BCUT2D eigenvalue weighted by Crippen LogP contribution is 2.46. The minimum Gasteiger partial charge on any atom is -0.254 e. The fourth-order valence-electron chi connectivity index (χ4n) is 9.22. The Hall–Kier alpha value is -6.90. The van der Waals surface area contributed by atoms with E-state index in [1.54, 1.807) is 0 Å². The molecule has 0 atom stereocenters. The van der Waals surface area contributed by atoms with Crippen molar-refractivity contribution in [3.8, 4) is 22.3 Å². The highest BCUT2D eigenvalue weighted by molar-refractivity contribution is 6.37. The van der Waals surface area contributed by atoms with Crippen LogP contribution in [0.1, 0.15) is 0 Å². The molecule has 0 amide bonds. The van der Waals surface area contributed by atoms with Gasteiger partial charge in [0.15, 0.2) is 0 Å². The highest BCUT2D eigenvalue weighted by Gasteiger charge is 2.18. The summed E-state index contributed by atoms with van der Waals surface area (Å²) in [6, 6.07) is 58.6. The molecule has 10 aromatic carbocycles. The number of pyridine rings is 2. The molecular weight excluding hydrogens is 629 g/mol. The summed E-state index contributed by atoms with van der Waals surface area (Å²) in [5.41, 5.74) is 6.68. The molecule has 0 bridgehead atoms. The van der Waals surface area contributed by atoms with Crippen molar-refractivity contribution in [2.24, 2.45) is 0 Å². The van der Waals surface area contributed by atoms with Gasteiger partial charge in [-0.15, -0.1) is 0 Å². The predicted molar refractivity (Wildman–Crippen MR) is 222 cm³/mol. The SMILES string of the molecule is c1cnc2c(c1)cc(-c1ccc(-c3cc4ccc5cccc6c7cccc8ccc9cccc(c(c3)c4c56)c9c87)c3ccccc13)c1cccnc12. The number of hydrogen-bond acceptors (Lipinski definition) is 2. The minimum absolute atomic E-state index is 0.932. The summed E-state index contributed by atoms with van der Waals surface area (Å²) in [5.74, 6) is 0. The van der Waals surface area contributed by atoms with Gasteiger partial charge in [0.25, 0.3) is 0 Å². The molecule has 0 aliphatic heterocycles. The van der Waals surface area contributed by atoms with Gasteiger partial charge in [-0.25, -0.2) is 0 Å². The molecule has 0 aliphatic rings. The fourth-order valence-corrected chi connectivity index (χ4v) is 9.22. The first kappa shape index (κ1) is 27.9. The van der Waals surface area contributed by atoms with Gasteiger partial charge >= 0.3 is 0 Å². The van der Waals surface area contributed by atoms with Crippen LogP contribution < -0.4 is 0 Å². The third-order valence-electron chi connectivity index (χ3n) is 11.4. The van der Waals surface area contributed by atoms with E-state index in [1.165, 1.54) is 97.7 Å². The Labute approximate surface area is 298 Å². The van der Waals surface area contributed by atoms with E-state index in [4.69, 9.17) is 9.97 Å². The molecule has 0 saturated carbocycles. The lowest BCUT2D eigenvalue weighted by atomic mass is 9.85. The molecule has 0 spiro atoms. The maximum atomic E-state index is 4.81. The van der Waals surface area contributed by atoms with Gasteiger partial charge in [-0.05, 0) is 128 Å². The van der Waals surface area contributed by atoms with Crippen LogP contribution in [0.5, 0.6) is 0 Å². The summed E-state index contributed by atoms with van der Waals surface area (Å²) < 4.78 is 0. The summed E-state index contributed by atoms with van der Waals surface area (Å²) in [6.45, 7) is 0. The van der Waals surface area contributed by atoms with E-state index in [0.717, 1.165) is 21.8 Å². The van der Waals surface area contributed by atoms with Gasteiger partial charge in [0.05, 0.1) is 11.0 Å². The van der Waals surface area contributed by atoms with Gasteiger partial charge in [-0.1, -0.05) is 127 Å². The average molecular weight is 657 g/mol. The van der Waals surface area contributed by atoms with Crippen molar-refractivity contribution in [3.63, 3.8) is 0 Å². The second-order valence-corrected chi connectivity index (χ2v) is 14.1. The molecule has 2 heteroatoms. The van der Waals surface area contributed by atoms with E-state index < -0.39 is 0 Å². The van der Waals surface area contributed by atoms with Crippen LogP contribution in [0.4, 0.5) is 0 Å². The van der Waals surface area contributed by atoms with E-state index in [9.17, 15) is 0 Å². The average Bonchev–Trinajstić information content (AvgIpc) is 3.21. The third-order valence-corrected chi connectivity index (χ3v) is 11.4. The van der Waals surface area contributed by atoms with Crippen molar-refractivity contribution >= 4 is 97.2 Å². The Morgan fingerprint density at radius 1 is 0.269 bits per heavy atom. The molecule has 0 radical (unpaired) electrons. The summed E-state index contributed by atoms with van der Waals surface area (Å²) >= 11 is 0. The van der Waals surface area contributed by atoms with Crippen molar-refractivity contribution in [2.45, 2.75) is 0 Å². The maximum absolute atomic E-state index is 4.81. The van der Waals surface area contributed by atoms with E-state index in [1.807, 2.05) is 24.5 Å². The van der Waals surface area contributed by atoms with Crippen LogP contribution >= 0.6 is 0 Å². The summed E-state index contributed by atoms with van der Waals surface area (Å²) in [4.78, 5) is 9.52. The summed E-state index contributed by atoms with van der Waals surface area (Å²) in [6.07, 6.45) is 3.72. The van der Waals surface area contributed by atoms with Gasteiger partial charge in [0.2, 0.25) is 0 Å². The molecule has 2 nitrogen and oxygen atoms in total. The molecule has 12 aromatic rings. The molecule has 0 N–H and O–H groups in total.